The smallest absolute Gasteiger partial charge is 0.269 e. The van der Waals surface area contributed by atoms with Gasteiger partial charge in [-0.25, -0.2) is 13.8 Å². The van der Waals surface area contributed by atoms with E-state index in [1.54, 1.807) is 36.4 Å². The predicted molar refractivity (Wildman–Crippen MR) is 124 cm³/mol. The molecule has 0 radical (unpaired) electrons. The Morgan fingerprint density at radius 1 is 1.03 bits per heavy atom. The predicted octanol–water partition coefficient (Wildman–Crippen LogP) is 2.94. The van der Waals surface area contributed by atoms with E-state index in [9.17, 15) is 23.3 Å². The zero-order valence-corrected chi connectivity index (χ0v) is 18.5. The number of nitro benzene ring substituents is 1. The number of hydrogen-bond acceptors (Lipinski definition) is 6. The molecule has 0 bridgehead atoms. The van der Waals surface area contributed by atoms with Crippen molar-refractivity contribution in [2.24, 2.45) is 5.10 Å². The Bertz CT molecular complexity index is 1240. The van der Waals surface area contributed by atoms with Gasteiger partial charge < -0.3 is 0 Å². The van der Waals surface area contributed by atoms with Crippen molar-refractivity contribution >= 4 is 27.8 Å². The number of sulfonamides is 1. The first-order valence-corrected chi connectivity index (χ1v) is 11.4. The average Bonchev–Trinajstić information content (AvgIpc) is 2.80. The lowest BCUT2D eigenvalue weighted by molar-refractivity contribution is -0.384. The van der Waals surface area contributed by atoms with Crippen LogP contribution in [-0.2, 0) is 21.2 Å². The topological polar surface area (TPSA) is 131 Å². The summed E-state index contributed by atoms with van der Waals surface area (Å²) in [6.45, 7) is 1.85. The van der Waals surface area contributed by atoms with Gasteiger partial charge in [0.2, 0.25) is 10.0 Å². The van der Waals surface area contributed by atoms with Gasteiger partial charge in [-0.2, -0.15) is 9.82 Å². The number of non-ortho nitro benzene ring substituents is 1. The Balaban J connectivity index is 1.75. The summed E-state index contributed by atoms with van der Waals surface area (Å²) in [7, 11) is -3.96. The molecule has 3 rings (SSSR count). The number of hydrogen-bond donors (Lipinski definition) is 2. The number of carbonyl (C=O) groups is 1. The highest BCUT2D eigenvalue weighted by molar-refractivity contribution is 7.89. The molecule has 0 aromatic heterocycles. The highest BCUT2D eigenvalue weighted by atomic mass is 32.2. The Kier molecular flexibility index (Phi) is 7.65. The third kappa shape index (κ3) is 6.79. The number of amides is 1. The fourth-order valence-corrected chi connectivity index (χ4v) is 4.14. The number of carbonyl (C=O) groups excluding carboxylic acids is 1. The molecule has 3 aromatic rings. The third-order valence-corrected chi connectivity index (χ3v) is 6.21. The van der Waals surface area contributed by atoms with Crippen LogP contribution < -0.4 is 10.1 Å². The van der Waals surface area contributed by atoms with E-state index in [1.807, 2.05) is 13.0 Å². The van der Waals surface area contributed by atoms with Crippen molar-refractivity contribution in [1.29, 1.82) is 0 Å². The molecule has 1 atom stereocenters. The minimum Gasteiger partial charge on any atom is -0.271 e. The van der Waals surface area contributed by atoms with Crippen LogP contribution in [0.5, 0.6) is 0 Å². The van der Waals surface area contributed by atoms with Gasteiger partial charge in [0.15, 0.2) is 0 Å². The molecular formula is C23H22N4O5S. The molecule has 10 heteroatoms. The molecule has 0 fully saturated rings. The summed E-state index contributed by atoms with van der Waals surface area (Å²) < 4.78 is 28.1. The highest BCUT2D eigenvalue weighted by Crippen LogP contribution is 2.13. The van der Waals surface area contributed by atoms with Crippen LogP contribution in [0.15, 0.2) is 88.9 Å². The molecule has 0 saturated heterocycles. The van der Waals surface area contributed by atoms with Crippen LogP contribution in [0.1, 0.15) is 16.7 Å². The second kappa shape index (κ2) is 10.6. The van der Waals surface area contributed by atoms with E-state index < -0.39 is 26.9 Å². The van der Waals surface area contributed by atoms with Crippen molar-refractivity contribution in [3.05, 3.63) is 106 Å². The first kappa shape index (κ1) is 23.8. The largest absolute Gasteiger partial charge is 0.271 e. The molecule has 0 aliphatic carbocycles. The number of nitro groups is 1. The number of benzene rings is 3. The van der Waals surface area contributed by atoms with Crippen LogP contribution in [0.2, 0.25) is 0 Å². The van der Waals surface area contributed by atoms with E-state index in [2.05, 4.69) is 15.2 Å². The molecule has 2 N–H and O–H groups in total. The van der Waals surface area contributed by atoms with Gasteiger partial charge in [0.05, 0.1) is 16.0 Å². The van der Waals surface area contributed by atoms with Gasteiger partial charge in [-0.3, -0.25) is 14.9 Å². The van der Waals surface area contributed by atoms with Crippen molar-refractivity contribution in [2.45, 2.75) is 24.3 Å². The number of nitrogens with one attached hydrogen (secondary N) is 2. The molecule has 3 aromatic carbocycles. The van der Waals surface area contributed by atoms with Crippen LogP contribution >= 0.6 is 0 Å². The summed E-state index contributed by atoms with van der Waals surface area (Å²) in [5.74, 6) is -0.646. The fraction of sp³-hybridized carbons (Fsp3) is 0.130. The molecular weight excluding hydrogens is 444 g/mol. The molecule has 0 aliphatic rings. The van der Waals surface area contributed by atoms with E-state index >= 15 is 0 Å². The van der Waals surface area contributed by atoms with Gasteiger partial charge in [0, 0.05) is 12.1 Å². The first-order valence-electron chi connectivity index (χ1n) is 9.95. The standard InChI is InChI=1S/C23H22N4O5S/c1-17-7-13-21(14-8-17)33(31,32)26-22(15-18-5-3-2-4-6-18)23(28)25-24-16-19-9-11-20(12-10-19)27(29)30/h2-14,16,22,26H,15H2,1H3,(H,25,28)/b24-16-/t22-/m1/s1. The van der Waals surface area contributed by atoms with Crippen molar-refractivity contribution in [3.63, 3.8) is 0 Å². The van der Waals surface area contributed by atoms with E-state index in [4.69, 9.17) is 0 Å². The lowest BCUT2D eigenvalue weighted by Gasteiger charge is -2.17. The second-order valence-electron chi connectivity index (χ2n) is 7.26. The Hall–Kier alpha value is -3.89. The van der Waals surface area contributed by atoms with Crippen LogP contribution in [-0.4, -0.2) is 31.5 Å². The van der Waals surface area contributed by atoms with Gasteiger partial charge >= 0.3 is 0 Å². The van der Waals surface area contributed by atoms with E-state index in [1.165, 1.54) is 42.6 Å². The third-order valence-electron chi connectivity index (χ3n) is 4.72. The van der Waals surface area contributed by atoms with E-state index in [0.29, 0.717) is 5.56 Å². The van der Waals surface area contributed by atoms with Gasteiger partial charge in [-0.15, -0.1) is 0 Å². The zero-order valence-electron chi connectivity index (χ0n) is 17.7. The average molecular weight is 467 g/mol. The van der Waals surface area contributed by atoms with Crippen molar-refractivity contribution < 1.29 is 18.1 Å². The number of rotatable bonds is 9. The maximum Gasteiger partial charge on any atom is 0.269 e. The second-order valence-corrected chi connectivity index (χ2v) is 8.97. The van der Waals surface area contributed by atoms with Crippen molar-refractivity contribution in [1.82, 2.24) is 10.1 Å². The molecule has 9 nitrogen and oxygen atoms in total. The summed E-state index contributed by atoms with van der Waals surface area (Å²) in [6, 6.07) is 19.8. The Morgan fingerprint density at radius 2 is 1.67 bits per heavy atom. The maximum atomic E-state index is 12.8. The summed E-state index contributed by atoms with van der Waals surface area (Å²) in [5.41, 5.74) is 4.48. The fourth-order valence-electron chi connectivity index (χ4n) is 2.94. The quantitative estimate of drug-likeness (QED) is 0.284. The van der Waals surface area contributed by atoms with Crippen molar-refractivity contribution in [2.75, 3.05) is 0 Å². The molecule has 0 saturated carbocycles. The van der Waals surface area contributed by atoms with Gasteiger partial charge in [-0.1, -0.05) is 48.0 Å². The lowest BCUT2D eigenvalue weighted by atomic mass is 10.1. The SMILES string of the molecule is Cc1ccc(S(=O)(=O)N[C@H](Cc2ccccc2)C(=O)N/N=C\c2ccc([N+](=O)[O-])cc2)cc1. The Morgan fingerprint density at radius 3 is 2.27 bits per heavy atom. The zero-order chi connectivity index (χ0) is 23.8. The molecule has 33 heavy (non-hydrogen) atoms. The minimum absolute atomic E-state index is 0.0494. The number of hydrazone groups is 1. The van der Waals surface area contributed by atoms with Gasteiger partial charge in [-0.05, 0) is 48.7 Å². The van der Waals surface area contributed by atoms with E-state index in [0.717, 1.165) is 11.1 Å². The molecule has 170 valence electrons. The minimum atomic E-state index is -3.96. The maximum absolute atomic E-state index is 12.8. The number of nitrogens with zero attached hydrogens (tertiary/aromatic N) is 2. The number of aryl methyl sites for hydroxylation is 1. The van der Waals surface area contributed by atoms with Crippen LogP contribution in [0.25, 0.3) is 0 Å². The molecule has 0 aliphatic heterocycles. The molecule has 0 spiro atoms. The summed E-state index contributed by atoms with van der Waals surface area (Å²) in [6.07, 6.45) is 1.43. The summed E-state index contributed by atoms with van der Waals surface area (Å²) >= 11 is 0. The van der Waals surface area contributed by atoms with Crippen LogP contribution in [0, 0.1) is 17.0 Å². The normalized spacial score (nSPS) is 12.4. The monoisotopic (exact) mass is 466 g/mol. The van der Waals surface area contributed by atoms with Gasteiger partial charge in [0.1, 0.15) is 6.04 Å². The van der Waals surface area contributed by atoms with Crippen LogP contribution in [0.4, 0.5) is 5.69 Å². The Labute approximate surface area is 191 Å². The highest BCUT2D eigenvalue weighted by Gasteiger charge is 2.26. The summed E-state index contributed by atoms with van der Waals surface area (Å²) in [5, 5.41) is 14.6. The lowest BCUT2D eigenvalue weighted by Crippen LogP contribution is -2.46. The first-order chi connectivity index (χ1) is 15.7. The molecule has 1 amide bonds. The summed E-state index contributed by atoms with van der Waals surface area (Å²) in [4.78, 5) is 23.1. The van der Waals surface area contributed by atoms with E-state index in [-0.39, 0.29) is 17.0 Å². The molecule has 0 heterocycles. The van der Waals surface area contributed by atoms with Crippen molar-refractivity contribution in [3.8, 4) is 0 Å². The molecule has 0 unspecified atom stereocenters. The van der Waals surface area contributed by atoms with Crippen LogP contribution in [0.3, 0.4) is 0 Å². The van der Waals surface area contributed by atoms with Gasteiger partial charge in [0.25, 0.3) is 11.6 Å².